The fraction of sp³-hybridized carbons (Fsp3) is 0.316. The Morgan fingerprint density at radius 1 is 1.04 bits per heavy atom. The highest BCUT2D eigenvalue weighted by atomic mass is 19.1. The number of nitrogens with zero attached hydrogens (tertiary/aromatic N) is 3. The molecule has 0 radical (unpaired) electrons. The van der Waals surface area contributed by atoms with Crippen molar-refractivity contribution in [1.82, 2.24) is 9.88 Å². The molecule has 1 aromatic heterocycles. The van der Waals surface area contributed by atoms with Crippen LogP contribution < -0.4 is 10.2 Å². The molecular formula is C19H21FN4O2. The van der Waals surface area contributed by atoms with Crippen molar-refractivity contribution in [2.45, 2.75) is 12.8 Å². The first-order chi connectivity index (χ1) is 12.6. The van der Waals surface area contributed by atoms with Crippen LogP contribution in [0.25, 0.3) is 0 Å². The van der Waals surface area contributed by atoms with Crippen LogP contribution in [0.4, 0.5) is 15.8 Å². The van der Waals surface area contributed by atoms with Gasteiger partial charge in [0.25, 0.3) is 0 Å². The highest BCUT2D eigenvalue weighted by molar-refractivity contribution is 5.93. The lowest BCUT2D eigenvalue weighted by atomic mass is 10.2. The van der Waals surface area contributed by atoms with Crippen LogP contribution in [0.3, 0.4) is 0 Å². The number of aromatic nitrogens is 1. The van der Waals surface area contributed by atoms with Crippen LogP contribution >= 0.6 is 0 Å². The van der Waals surface area contributed by atoms with Gasteiger partial charge >= 0.3 is 0 Å². The molecule has 136 valence electrons. The number of pyridine rings is 1. The van der Waals surface area contributed by atoms with Crippen molar-refractivity contribution in [3.05, 3.63) is 54.6 Å². The Hall–Kier alpha value is -2.96. The summed E-state index contributed by atoms with van der Waals surface area (Å²) in [7, 11) is 0. The summed E-state index contributed by atoms with van der Waals surface area (Å²) in [6.07, 6.45) is 3.74. The van der Waals surface area contributed by atoms with Gasteiger partial charge in [0.05, 0.1) is 0 Å². The minimum absolute atomic E-state index is 0.0335. The third-order valence-electron chi connectivity index (χ3n) is 4.33. The van der Waals surface area contributed by atoms with E-state index in [0.29, 0.717) is 18.8 Å². The number of halogens is 1. The molecule has 1 aromatic carbocycles. The quantitative estimate of drug-likeness (QED) is 0.893. The van der Waals surface area contributed by atoms with Crippen LogP contribution in [0, 0.1) is 5.82 Å². The number of hydrogen-bond donors (Lipinski definition) is 1. The second kappa shape index (κ2) is 8.42. The number of anilines is 2. The second-order valence-electron chi connectivity index (χ2n) is 6.13. The zero-order chi connectivity index (χ0) is 18.4. The van der Waals surface area contributed by atoms with Crippen LogP contribution in [-0.4, -0.2) is 47.9 Å². The topological polar surface area (TPSA) is 65.5 Å². The smallest absolute Gasteiger partial charge is 0.224 e. The number of piperazine rings is 1. The lowest BCUT2D eigenvalue weighted by molar-refractivity contribution is -0.133. The molecule has 0 bridgehead atoms. The molecule has 0 unspecified atom stereocenters. The highest BCUT2D eigenvalue weighted by Gasteiger charge is 2.21. The van der Waals surface area contributed by atoms with Gasteiger partial charge in [-0.3, -0.25) is 14.6 Å². The predicted octanol–water partition coefficient (Wildman–Crippen LogP) is 2.29. The molecular weight excluding hydrogens is 335 g/mol. The van der Waals surface area contributed by atoms with Gasteiger partial charge in [0.2, 0.25) is 11.8 Å². The van der Waals surface area contributed by atoms with E-state index in [1.54, 1.807) is 23.4 Å². The molecule has 26 heavy (non-hydrogen) atoms. The van der Waals surface area contributed by atoms with Gasteiger partial charge < -0.3 is 15.1 Å². The van der Waals surface area contributed by atoms with E-state index in [1.165, 1.54) is 18.2 Å². The van der Waals surface area contributed by atoms with Crippen molar-refractivity contribution >= 4 is 23.2 Å². The minimum atomic E-state index is -0.411. The standard InChI is InChI=1S/C19H21FN4O2/c20-15-2-1-3-16(14-15)22-18(25)4-5-19(26)24-12-10-23(11-13-24)17-6-8-21-9-7-17/h1-3,6-9,14H,4-5,10-13H2,(H,22,25). The van der Waals surface area contributed by atoms with Crippen molar-refractivity contribution in [3.63, 3.8) is 0 Å². The van der Waals surface area contributed by atoms with E-state index < -0.39 is 5.82 Å². The molecule has 0 spiro atoms. The number of carbonyl (C=O) groups excluding carboxylic acids is 2. The molecule has 0 atom stereocenters. The highest BCUT2D eigenvalue weighted by Crippen LogP contribution is 2.15. The van der Waals surface area contributed by atoms with Crippen LogP contribution in [0.15, 0.2) is 48.8 Å². The average Bonchev–Trinajstić information content (AvgIpc) is 2.67. The minimum Gasteiger partial charge on any atom is -0.368 e. The van der Waals surface area contributed by atoms with Crippen molar-refractivity contribution < 1.29 is 14.0 Å². The molecule has 1 N–H and O–H groups in total. The molecule has 0 aliphatic carbocycles. The molecule has 2 heterocycles. The predicted molar refractivity (Wildman–Crippen MR) is 97.3 cm³/mol. The summed E-state index contributed by atoms with van der Waals surface area (Å²) in [6.45, 7) is 2.77. The number of nitrogens with one attached hydrogen (secondary N) is 1. The number of benzene rings is 1. The van der Waals surface area contributed by atoms with Gasteiger partial charge in [0.1, 0.15) is 5.82 Å². The molecule has 1 saturated heterocycles. The first-order valence-electron chi connectivity index (χ1n) is 8.60. The number of amides is 2. The number of carbonyl (C=O) groups is 2. The van der Waals surface area contributed by atoms with E-state index in [2.05, 4.69) is 15.2 Å². The van der Waals surface area contributed by atoms with Crippen LogP contribution in [-0.2, 0) is 9.59 Å². The molecule has 1 aliphatic heterocycles. The Kier molecular flexibility index (Phi) is 5.78. The zero-order valence-electron chi connectivity index (χ0n) is 14.4. The first-order valence-corrected chi connectivity index (χ1v) is 8.60. The normalized spacial score (nSPS) is 14.2. The fourth-order valence-electron chi connectivity index (χ4n) is 2.94. The number of rotatable bonds is 5. The summed E-state index contributed by atoms with van der Waals surface area (Å²) in [5.74, 6) is -0.737. The molecule has 6 nitrogen and oxygen atoms in total. The summed E-state index contributed by atoms with van der Waals surface area (Å²) >= 11 is 0. The lowest BCUT2D eigenvalue weighted by Crippen LogP contribution is -2.48. The van der Waals surface area contributed by atoms with Crippen molar-refractivity contribution in [2.75, 3.05) is 36.4 Å². The SMILES string of the molecule is O=C(CCC(=O)N1CCN(c2ccncc2)CC1)Nc1cccc(F)c1. The second-order valence-corrected chi connectivity index (χ2v) is 6.13. The Morgan fingerprint density at radius 3 is 2.46 bits per heavy atom. The van der Waals surface area contributed by atoms with E-state index in [9.17, 15) is 14.0 Å². The van der Waals surface area contributed by atoms with Gasteiger partial charge in [-0.1, -0.05) is 6.07 Å². The van der Waals surface area contributed by atoms with Gasteiger partial charge in [0, 0.05) is 62.8 Å². The van der Waals surface area contributed by atoms with Gasteiger partial charge in [-0.05, 0) is 30.3 Å². The van der Waals surface area contributed by atoms with Crippen LogP contribution in [0.2, 0.25) is 0 Å². The molecule has 2 aromatic rings. The summed E-state index contributed by atoms with van der Waals surface area (Å²) < 4.78 is 13.1. The lowest BCUT2D eigenvalue weighted by Gasteiger charge is -2.36. The van der Waals surface area contributed by atoms with E-state index in [-0.39, 0.29) is 24.7 Å². The summed E-state index contributed by atoms with van der Waals surface area (Å²) in [4.78, 5) is 32.2. The molecule has 7 heteroatoms. The summed E-state index contributed by atoms with van der Waals surface area (Å²) in [6, 6.07) is 9.60. The van der Waals surface area contributed by atoms with Crippen molar-refractivity contribution in [3.8, 4) is 0 Å². The van der Waals surface area contributed by atoms with Crippen LogP contribution in [0.5, 0.6) is 0 Å². The summed E-state index contributed by atoms with van der Waals surface area (Å²) in [5.41, 5.74) is 1.50. The van der Waals surface area contributed by atoms with Gasteiger partial charge in [-0.2, -0.15) is 0 Å². The Morgan fingerprint density at radius 2 is 1.77 bits per heavy atom. The van der Waals surface area contributed by atoms with Gasteiger partial charge in [-0.25, -0.2) is 4.39 Å². The maximum absolute atomic E-state index is 13.1. The molecule has 0 saturated carbocycles. The number of hydrogen-bond acceptors (Lipinski definition) is 4. The molecule has 1 fully saturated rings. The van der Waals surface area contributed by atoms with Gasteiger partial charge in [-0.15, -0.1) is 0 Å². The molecule has 3 rings (SSSR count). The molecule has 1 aliphatic rings. The summed E-state index contributed by atoms with van der Waals surface area (Å²) in [5, 5.41) is 2.61. The third-order valence-corrected chi connectivity index (χ3v) is 4.33. The van der Waals surface area contributed by atoms with Crippen molar-refractivity contribution in [1.29, 1.82) is 0 Å². The molecule has 2 amide bonds. The monoisotopic (exact) mass is 356 g/mol. The maximum atomic E-state index is 13.1. The Labute approximate surface area is 151 Å². The Bertz CT molecular complexity index is 761. The third kappa shape index (κ3) is 4.78. The zero-order valence-corrected chi connectivity index (χ0v) is 14.4. The first kappa shape index (κ1) is 17.8. The largest absolute Gasteiger partial charge is 0.368 e. The van der Waals surface area contributed by atoms with E-state index in [4.69, 9.17) is 0 Å². The Balaban J connectivity index is 1.42. The van der Waals surface area contributed by atoms with Gasteiger partial charge in [0.15, 0.2) is 0 Å². The van der Waals surface area contributed by atoms with E-state index >= 15 is 0 Å². The maximum Gasteiger partial charge on any atom is 0.224 e. The van der Waals surface area contributed by atoms with E-state index in [0.717, 1.165) is 18.8 Å². The van der Waals surface area contributed by atoms with Crippen LogP contribution in [0.1, 0.15) is 12.8 Å². The van der Waals surface area contributed by atoms with E-state index in [1.807, 2.05) is 12.1 Å². The fourth-order valence-corrected chi connectivity index (χ4v) is 2.94. The van der Waals surface area contributed by atoms with Crippen molar-refractivity contribution in [2.24, 2.45) is 0 Å². The average molecular weight is 356 g/mol.